The predicted molar refractivity (Wildman–Crippen MR) is 111 cm³/mol. The largest absolute Gasteiger partial charge is 0.378 e. The SMILES string of the molecule is C=C1N(Cc2ccc(N(C)C)cc2)CCN1Cc1ccc(N(C)C)cc1. The van der Waals surface area contributed by atoms with Crippen molar-refractivity contribution in [2.45, 2.75) is 13.1 Å². The Morgan fingerprint density at radius 1 is 0.692 bits per heavy atom. The molecular formula is C22H30N4. The molecule has 1 aliphatic heterocycles. The molecule has 0 spiro atoms. The van der Waals surface area contributed by atoms with Crippen molar-refractivity contribution in [3.63, 3.8) is 0 Å². The molecule has 1 heterocycles. The molecule has 1 aliphatic rings. The lowest BCUT2D eigenvalue weighted by atomic mass is 10.2. The van der Waals surface area contributed by atoms with Crippen molar-refractivity contribution in [3.8, 4) is 0 Å². The van der Waals surface area contributed by atoms with Crippen LogP contribution in [-0.2, 0) is 13.1 Å². The number of hydrogen-bond donors (Lipinski definition) is 0. The highest BCUT2D eigenvalue weighted by atomic mass is 15.4. The molecule has 0 bridgehead atoms. The topological polar surface area (TPSA) is 13.0 Å². The zero-order valence-corrected chi connectivity index (χ0v) is 16.4. The quantitative estimate of drug-likeness (QED) is 0.789. The highest BCUT2D eigenvalue weighted by molar-refractivity contribution is 5.46. The third-order valence-electron chi connectivity index (χ3n) is 5.02. The molecule has 26 heavy (non-hydrogen) atoms. The smallest absolute Gasteiger partial charge is 0.0972 e. The summed E-state index contributed by atoms with van der Waals surface area (Å²) in [5, 5.41) is 0. The molecule has 1 fully saturated rings. The normalized spacial score (nSPS) is 14.1. The van der Waals surface area contributed by atoms with E-state index in [0.29, 0.717) is 0 Å². The number of benzene rings is 2. The average molecular weight is 351 g/mol. The summed E-state index contributed by atoms with van der Waals surface area (Å²) in [4.78, 5) is 9.00. The fraction of sp³-hybridized carbons (Fsp3) is 0.364. The van der Waals surface area contributed by atoms with Crippen molar-refractivity contribution < 1.29 is 0 Å². The first-order valence-electron chi connectivity index (χ1n) is 9.15. The fourth-order valence-corrected chi connectivity index (χ4v) is 3.28. The van der Waals surface area contributed by atoms with E-state index in [4.69, 9.17) is 0 Å². The van der Waals surface area contributed by atoms with Gasteiger partial charge >= 0.3 is 0 Å². The van der Waals surface area contributed by atoms with E-state index in [9.17, 15) is 0 Å². The van der Waals surface area contributed by atoms with E-state index in [0.717, 1.165) is 32.0 Å². The maximum atomic E-state index is 4.34. The summed E-state index contributed by atoms with van der Waals surface area (Å²) in [6.45, 7) is 8.24. The minimum Gasteiger partial charge on any atom is -0.378 e. The van der Waals surface area contributed by atoms with Crippen LogP contribution in [0.2, 0.25) is 0 Å². The highest BCUT2D eigenvalue weighted by Crippen LogP contribution is 2.23. The van der Waals surface area contributed by atoms with Crippen molar-refractivity contribution in [1.82, 2.24) is 9.80 Å². The Kier molecular flexibility index (Phi) is 5.40. The molecule has 0 atom stereocenters. The van der Waals surface area contributed by atoms with Crippen molar-refractivity contribution in [1.29, 1.82) is 0 Å². The van der Waals surface area contributed by atoms with Crippen LogP contribution in [0.3, 0.4) is 0 Å². The van der Waals surface area contributed by atoms with Crippen LogP contribution >= 0.6 is 0 Å². The standard InChI is InChI=1S/C22H30N4/c1-18-25(16-19-6-10-21(11-7-19)23(2)3)14-15-26(18)17-20-8-12-22(13-9-20)24(4)5/h6-13H,1,14-17H2,2-5H3. The molecule has 2 aromatic carbocycles. The molecule has 4 heteroatoms. The van der Waals surface area contributed by atoms with E-state index in [1.165, 1.54) is 22.5 Å². The van der Waals surface area contributed by atoms with Crippen molar-refractivity contribution in [2.75, 3.05) is 51.1 Å². The Morgan fingerprint density at radius 2 is 1.04 bits per heavy atom. The molecule has 0 unspecified atom stereocenters. The van der Waals surface area contributed by atoms with Gasteiger partial charge in [0.25, 0.3) is 0 Å². The van der Waals surface area contributed by atoms with Gasteiger partial charge in [-0.1, -0.05) is 30.8 Å². The summed E-state index contributed by atoms with van der Waals surface area (Å²) in [6.07, 6.45) is 0. The molecule has 0 aromatic heterocycles. The van der Waals surface area contributed by atoms with Crippen LogP contribution in [0.15, 0.2) is 60.9 Å². The zero-order chi connectivity index (χ0) is 18.7. The van der Waals surface area contributed by atoms with Gasteiger partial charge in [-0.25, -0.2) is 0 Å². The summed E-state index contributed by atoms with van der Waals surface area (Å²) >= 11 is 0. The summed E-state index contributed by atoms with van der Waals surface area (Å²) in [7, 11) is 8.28. The zero-order valence-electron chi connectivity index (χ0n) is 16.4. The van der Waals surface area contributed by atoms with Gasteiger partial charge in [-0.3, -0.25) is 0 Å². The van der Waals surface area contributed by atoms with Gasteiger partial charge in [-0.15, -0.1) is 0 Å². The average Bonchev–Trinajstić information content (AvgIpc) is 2.96. The third kappa shape index (κ3) is 4.13. The lowest BCUT2D eigenvalue weighted by molar-refractivity contribution is 0.329. The van der Waals surface area contributed by atoms with Crippen molar-refractivity contribution >= 4 is 11.4 Å². The summed E-state index contributed by atoms with van der Waals surface area (Å²) in [6, 6.07) is 17.6. The second-order valence-electron chi connectivity index (χ2n) is 7.38. The van der Waals surface area contributed by atoms with Crippen molar-refractivity contribution in [3.05, 3.63) is 72.1 Å². The van der Waals surface area contributed by atoms with Crippen LogP contribution < -0.4 is 9.80 Å². The molecule has 0 amide bonds. The van der Waals surface area contributed by atoms with E-state index < -0.39 is 0 Å². The summed E-state index contributed by atoms with van der Waals surface area (Å²) in [5.74, 6) is 1.12. The molecule has 4 nitrogen and oxygen atoms in total. The van der Waals surface area contributed by atoms with Gasteiger partial charge in [0.1, 0.15) is 0 Å². The van der Waals surface area contributed by atoms with Gasteiger partial charge in [0, 0.05) is 65.7 Å². The molecule has 138 valence electrons. The van der Waals surface area contributed by atoms with Gasteiger partial charge in [-0.05, 0) is 35.4 Å². The van der Waals surface area contributed by atoms with Crippen LogP contribution in [0.1, 0.15) is 11.1 Å². The van der Waals surface area contributed by atoms with Crippen molar-refractivity contribution in [2.24, 2.45) is 0 Å². The Hall–Kier alpha value is -2.62. The lowest BCUT2D eigenvalue weighted by Gasteiger charge is -2.24. The number of rotatable bonds is 6. The van der Waals surface area contributed by atoms with E-state index in [-0.39, 0.29) is 0 Å². The maximum absolute atomic E-state index is 4.34. The summed E-state index contributed by atoms with van der Waals surface area (Å²) < 4.78 is 0. The highest BCUT2D eigenvalue weighted by Gasteiger charge is 2.23. The second kappa shape index (κ2) is 7.73. The first-order chi connectivity index (χ1) is 12.4. The molecule has 1 saturated heterocycles. The second-order valence-corrected chi connectivity index (χ2v) is 7.38. The van der Waals surface area contributed by atoms with Crippen LogP contribution in [0.25, 0.3) is 0 Å². The Bertz CT molecular complexity index is 668. The number of hydrogen-bond acceptors (Lipinski definition) is 4. The van der Waals surface area contributed by atoms with Crippen LogP contribution in [0.5, 0.6) is 0 Å². The number of anilines is 2. The van der Waals surface area contributed by atoms with Gasteiger partial charge in [0.05, 0.1) is 5.82 Å². The maximum Gasteiger partial charge on any atom is 0.0972 e. The van der Waals surface area contributed by atoms with Crippen LogP contribution in [0, 0.1) is 0 Å². The van der Waals surface area contributed by atoms with Gasteiger partial charge in [0.2, 0.25) is 0 Å². The van der Waals surface area contributed by atoms with E-state index in [1.807, 2.05) is 0 Å². The number of nitrogens with zero attached hydrogens (tertiary/aromatic N) is 4. The van der Waals surface area contributed by atoms with E-state index >= 15 is 0 Å². The first-order valence-corrected chi connectivity index (χ1v) is 9.15. The third-order valence-corrected chi connectivity index (χ3v) is 5.02. The van der Waals surface area contributed by atoms with Gasteiger partial charge in [-0.2, -0.15) is 0 Å². The molecule has 2 aromatic rings. The molecule has 3 rings (SSSR count). The summed E-state index contributed by atoms with van der Waals surface area (Å²) in [5.41, 5.74) is 5.12. The molecule has 0 saturated carbocycles. The Balaban J connectivity index is 1.59. The van der Waals surface area contributed by atoms with E-state index in [2.05, 4.69) is 103 Å². The molecule has 0 radical (unpaired) electrons. The van der Waals surface area contributed by atoms with Gasteiger partial charge in [0.15, 0.2) is 0 Å². The Morgan fingerprint density at radius 3 is 1.35 bits per heavy atom. The predicted octanol–water partition coefficient (Wildman–Crippen LogP) is 3.61. The van der Waals surface area contributed by atoms with Gasteiger partial charge < -0.3 is 19.6 Å². The van der Waals surface area contributed by atoms with Crippen LogP contribution in [0.4, 0.5) is 11.4 Å². The molecule has 0 aliphatic carbocycles. The fourth-order valence-electron chi connectivity index (χ4n) is 3.28. The molecular weight excluding hydrogens is 320 g/mol. The minimum absolute atomic E-state index is 0.919. The monoisotopic (exact) mass is 350 g/mol. The Labute approximate surface area is 157 Å². The minimum atomic E-state index is 0.919. The lowest BCUT2D eigenvalue weighted by Crippen LogP contribution is -2.22. The molecule has 0 N–H and O–H groups in total. The van der Waals surface area contributed by atoms with E-state index in [1.54, 1.807) is 0 Å². The first kappa shape index (κ1) is 18.2. The van der Waals surface area contributed by atoms with Crippen LogP contribution in [-0.4, -0.2) is 51.1 Å².